The number of rotatable bonds is 5. The minimum atomic E-state index is -3.18. The second-order valence-corrected chi connectivity index (χ2v) is 9.90. The van der Waals surface area contributed by atoms with Gasteiger partial charge in [0.15, 0.2) is 9.84 Å². The van der Waals surface area contributed by atoms with Crippen LogP contribution in [-0.2, 0) is 16.4 Å². The number of benzene rings is 2. The van der Waals surface area contributed by atoms with Gasteiger partial charge >= 0.3 is 0 Å². The average Bonchev–Trinajstić information content (AvgIpc) is 3.40. The van der Waals surface area contributed by atoms with E-state index in [2.05, 4.69) is 17.1 Å². The van der Waals surface area contributed by atoms with Gasteiger partial charge in [-0.2, -0.15) is 0 Å². The molecule has 0 saturated heterocycles. The summed E-state index contributed by atoms with van der Waals surface area (Å²) in [6.07, 6.45) is 4.16. The van der Waals surface area contributed by atoms with Crippen molar-refractivity contribution >= 4 is 21.2 Å². The maximum absolute atomic E-state index is 13.3. The van der Waals surface area contributed by atoms with Gasteiger partial charge in [0.05, 0.1) is 23.2 Å². The summed E-state index contributed by atoms with van der Waals surface area (Å²) in [5.41, 5.74) is 5.28. The Kier molecular flexibility index (Phi) is 4.41. The molecule has 0 amide bonds. The van der Waals surface area contributed by atoms with E-state index in [0.717, 1.165) is 29.8 Å². The SMILES string of the molecule is CCC(c1cc2c(cc1C1CC1)CN(c1ccc(F)cc1)N2C)S(C)(=O)=O. The van der Waals surface area contributed by atoms with Gasteiger partial charge in [0.2, 0.25) is 0 Å². The fourth-order valence-electron chi connectivity index (χ4n) is 4.15. The summed E-state index contributed by atoms with van der Waals surface area (Å²) in [4.78, 5) is 0. The van der Waals surface area contributed by atoms with Crippen LogP contribution in [0.5, 0.6) is 0 Å². The van der Waals surface area contributed by atoms with Crippen LogP contribution >= 0.6 is 0 Å². The van der Waals surface area contributed by atoms with Crippen LogP contribution in [-0.4, -0.2) is 21.7 Å². The first kappa shape index (κ1) is 18.3. The van der Waals surface area contributed by atoms with Crippen LogP contribution in [0.3, 0.4) is 0 Å². The van der Waals surface area contributed by atoms with Crippen molar-refractivity contribution in [3.05, 3.63) is 58.9 Å². The van der Waals surface area contributed by atoms with E-state index in [1.165, 1.54) is 29.5 Å². The number of sulfone groups is 1. The lowest BCUT2D eigenvalue weighted by atomic mass is 9.95. The monoisotopic (exact) mass is 388 g/mol. The van der Waals surface area contributed by atoms with E-state index in [9.17, 15) is 12.8 Å². The Balaban J connectivity index is 1.78. The normalized spacial score (nSPS) is 17.9. The van der Waals surface area contributed by atoms with Gasteiger partial charge in [0, 0.05) is 13.3 Å². The minimum absolute atomic E-state index is 0.254. The Hall–Kier alpha value is -2.08. The van der Waals surface area contributed by atoms with Crippen LogP contribution in [0.4, 0.5) is 15.8 Å². The molecule has 1 saturated carbocycles. The van der Waals surface area contributed by atoms with E-state index < -0.39 is 15.1 Å². The zero-order valence-corrected chi connectivity index (χ0v) is 16.8. The third kappa shape index (κ3) is 3.31. The molecule has 1 aliphatic heterocycles. The van der Waals surface area contributed by atoms with E-state index in [-0.39, 0.29) is 5.82 Å². The molecule has 144 valence electrons. The number of nitrogens with zero attached hydrogens (tertiary/aromatic N) is 2. The molecule has 0 radical (unpaired) electrons. The first-order valence-corrected chi connectivity index (χ1v) is 11.4. The van der Waals surface area contributed by atoms with E-state index in [1.807, 2.05) is 19.0 Å². The quantitative estimate of drug-likeness (QED) is 0.752. The lowest BCUT2D eigenvalue weighted by Crippen LogP contribution is -2.34. The van der Waals surface area contributed by atoms with Crippen molar-refractivity contribution in [1.29, 1.82) is 0 Å². The molecule has 1 heterocycles. The van der Waals surface area contributed by atoms with Crippen LogP contribution in [0.1, 0.15) is 54.0 Å². The molecule has 2 aromatic rings. The summed E-state index contributed by atoms with van der Waals surface area (Å²) in [5.74, 6) is 0.224. The molecule has 0 aromatic heterocycles. The molecule has 0 spiro atoms. The molecule has 27 heavy (non-hydrogen) atoms. The average molecular weight is 389 g/mol. The summed E-state index contributed by atoms with van der Waals surface area (Å²) in [6, 6.07) is 10.7. The summed E-state index contributed by atoms with van der Waals surface area (Å²) >= 11 is 0. The number of hydrazine groups is 1. The van der Waals surface area contributed by atoms with Gasteiger partial charge in [0.1, 0.15) is 5.82 Å². The van der Waals surface area contributed by atoms with Crippen LogP contribution in [0, 0.1) is 5.82 Å². The highest BCUT2D eigenvalue weighted by Gasteiger charge is 2.35. The lowest BCUT2D eigenvalue weighted by molar-refractivity contribution is 0.584. The van der Waals surface area contributed by atoms with Crippen LogP contribution < -0.4 is 10.0 Å². The Morgan fingerprint density at radius 2 is 1.85 bits per heavy atom. The van der Waals surface area contributed by atoms with Crippen LogP contribution in [0.25, 0.3) is 0 Å². The Labute approximate surface area is 160 Å². The van der Waals surface area contributed by atoms with Gasteiger partial charge in [-0.05, 0) is 72.2 Å². The van der Waals surface area contributed by atoms with E-state index in [4.69, 9.17) is 0 Å². The topological polar surface area (TPSA) is 40.6 Å². The molecule has 4 nitrogen and oxygen atoms in total. The third-order valence-corrected chi connectivity index (χ3v) is 7.31. The minimum Gasteiger partial charge on any atom is -0.288 e. The number of hydrogen-bond acceptors (Lipinski definition) is 4. The number of hydrogen-bond donors (Lipinski definition) is 0. The molecule has 0 bridgehead atoms. The maximum Gasteiger partial charge on any atom is 0.154 e. The summed E-state index contributed by atoms with van der Waals surface area (Å²) in [7, 11) is -1.21. The second kappa shape index (κ2) is 6.51. The zero-order chi connectivity index (χ0) is 19.3. The third-order valence-electron chi connectivity index (χ3n) is 5.69. The number of anilines is 2. The highest BCUT2D eigenvalue weighted by Crippen LogP contribution is 2.48. The molecule has 6 heteroatoms. The van der Waals surface area contributed by atoms with Gasteiger partial charge < -0.3 is 0 Å². The van der Waals surface area contributed by atoms with Gasteiger partial charge in [0.25, 0.3) is 0 Å². The predicted molar refractivity (Wildman–Crippen MR) is 107 cm³/mol. The van der Waals surface area contributed by atoms with Crippen molar-refractivity contribution in [2.75, 3.05) is 23.3 Å². The molecule has 1 unspecified atom stereocenters. The summed E-state index contributed by atoms with van der Waals surface area (Å²) in [6.45, 7) is 2.64. The standard InChI is InChI=1S/C21H25FN2O2S/c1-4-21(27(3,25)26)19-12-20-15(11-18(19)14-5-6-14)13-24(23(20)2)17-9-7-16(22)8-10-17/h7-12,14,21H,4-6,13H2,1-3H3. The van der Waals surface area contributed by atoms with Crippen LogP contribution in [0.15, 0.2) is 36.4 Å². The lowest BCUT2D eigenvalue weighted by Gasteiger charge is -2.28. The first-order valence-electron chi connectivity index (χ1n) is 9.42. The van der Waals surface area contributed by atoms with Gasteiger partial charge in [-0.25, -0.2) is 12.8 Å². The summed E-state index contributed by atoms with van der Waals surface area (Å²) < 4.78 is 38.1. The second-order valence-electron chi connectivity index (χ2n) is 7.67. The van der Waals surface area contributed by atoms with E-state index >= 15 is 0 Å². The Morgan fingerprint density at radius 3 is 2.41 bits per heavy atom. The van der Waals surface area contributed by atoms with Crippen molar-refractivity contribution in [2.24, 2.45) is 0 Å². The Morgan fingerprint density at radius 1 is 1.19 bits per heavy atom. The highest BCUT2D eigenvalue weighted by atomic mass is 32.2. The molecular formula is C21H25FN2O2S. The van der Waals surface area contributed by atoms with Gasteiger partial charge in [-0.1, -0.05) is 13.0 Å². The predicted octanol–water partition coefficient (Wildman–Crippen LogP) is 4.57. The zero-order valence-electron chi connectivity index (χ0n) is 15.9. The smallest absolute Gasteiger partial charge is 0.154 e. The molecular weight excluding hydrogens is 363 g/mol. The molecule has 0 N–H and O–H groups in total. The Bertz CT molecular complexity index is 968. The van der Waals surface area contributed by atoms with Gasteiger partial charge in [-0.3, -0.25) is 10.0 Å². The first-order chi connectivity index (χ1) is 12.8. The van der Waals surface area contributed by atoms with Crippen LogP contribution in [0.2, 0.25) is 0 Å². The van der Waals surface area contributed by atoms with Crippen molar-refractivity contribution < 1.29 is 12.8 Å². The van der Waals surface area contributed by atoms with E-state index in [0.29, 0.717) is 18.9 Å². The molecule has 2 aromatic carbocycles. The largest absolute Gasteiger partial charge is 0.288 e. The van der Waals surface area contributed by atoms with Gasteiger partial charge in [-0.15, -0.1) is 0 Å². The fourth-order valence-corrected chi connectivity index (χ4v) is 5.42. The molecule has 1 aliphatic carbocycles. The number of halogens is 1. The number of fused-ring (bicyclic) bond motifs is 1. The van der Waals surface area contributed by atoms with E-state index in [1.54, 1.807) is 12.1 Å². The van der Waals surface area contributed by atoms with Crippen molar-refractivity contribution in [3.63, 3.8) is 0 Å². The highest BCUT2D eigenvalue weighted by molar-refractivity contribution is 7.90. The van der Waals surface area contributed by atoms with Crippen molar-refractivity contribution in [2.45, 2.75) is 43.9 Å². The molecule has 1 atom stereocenters. The maximum atomic E-state index is 13.3. The molecule has 2 aliphatic rings. The van der Waals surface area contributed by atoms with Crippen molar-refractivity contribution in [3.8, 4) is 0 Å². The fraction of sp³-hybridized carbons (Fsp3) is 0.429. The van der Waals surface area contributed by atoms with Crippen molar-refractivity contribution in [1.82, 2.24) is 0 Å². The molecule has 1 fully saturated rings. The summed E-state index contributed by atoms with van der Waals surface area (Å²) in [5, 5.41) is 3.66. The molecule has 4 rings (SSSR count).